The van der Waals surface area contributed by atoms with Crippen molar-refractivity contribution in [1.29, 1.82) is 0 Å². The highest BCUT2D eigenvalue weighted by molar-refractivity contribution is 9.10. The van der Waals surface area contributed by atoms with Gasteiger partial charge in [0.2, 0.25) is 0 Å². The molecule has 0 aliphatic carbocycles. The van der Waals surface area contributed by atoms with Crippen molar-refractivity contribution in [3.63, 3.8) is 0 Å². The van der Waals surface area contributed by atoms with Crippen LogP contribution in [0.1, 0.15) is 17.3 Å². The first-order chi connectivity index (χ1) is 9.22. The fourth-order valence-corrected chi connectivity index (χ4v) is 4.11. The monoisotopic (exact) mass is 383 g/mol. The Morgan fingerprint density at radius 1 is 1.50 bits per heavy atom. The van der Waals surface area contributed by atoms with Crippen LogP contribution in [0, 0.1) is 5.82 Å². The van der Waals surface area contributed by atoms with Crippen LogP contribution < -0.4 is 0 Å². The van der Waals surface area contributed by atoms with E-state index in [-0.39, 0.29) is 33.9 Å². The highest BCUT2D eigenvalue weighted by Crippen LogP contribution is 2.26. The first-order valence-corrected chi connectivity index (χ1v) is 8.76. The maximum Gasteiger partial charge on any atom is 0.256 e. The second-order valence-corrected chi connectivity index (χ2v) is 8.51. The molecule has 20 heavy (non-hydrogen) atoms. The van der Waals surface area contributed by atoms with Crippen molar-refractivity contribution in [3.8, 4) is 0 Å². The van der Waals surface area contributed by atoms with Crippen LogP contribution in [0.25, 0.3) is 0 Å². The van der Waals surface area contributed by atoms with Crippen molar-refractivity contribution in [2.45, 2.75) is 12.2 Å². The standard InChI is InChI=1S/C12H12BrClFNO3S/c1-7-6-16(2-3-20(7,18)19)12(17)9-4-8(14)5-10(13)11(9)15/h4-5,7H,2-3,6H2,1H3/t7-/m0/s1. The van der Waals surface area contributed by atoms with Gasteiger partial charge in [-0.25, -0.2) is 12.8 Å². The van der Waals surface area contributed by atoms with Gasteiger partial charge in [0.25, 0.3) is 5.91 Å². The molecule has 0 unspecified atom stereocenters. The Balaban J connectivity index is 2.30. The molecule has 0 spiro atoms. The van der Waals surface area contributed by atoms with E-state index in [0.717, 1.165) is 0 Å². The quantitative estimate of drug-likeness (QED) is 0.699. The topological polar surface area (TPSA) is 54.5 Å². The van der Waals surface area contributed by atoms with E-state index in [1.165, 1.54) is 17.0 Å². The zero-order chi connectivity index (χ0) is 15.1. The fraction of sp³-hybridized carbons (Fsp3) is 0.417. The predicted molar refractivity (Wildman–Crippen MR) is 78.3 cm³/mol. The molecule has 8 heteroatoms. The van der Waals surface area contributed by atoms with E-state index in [4.69, 9.17) is 11.6 Å². The summed E-state index contributed by atoms with van der Waals surface area (Å²) in [5.41, 5.74) is -0.157. The molecule has 0 N–H and O–H groups in total. The first-order valence-electron chi connectivity index (χ1n) is 5.88. The minimum Gasteiger partial charge on any atom is -0.336 e. The van der Waals surface area contributed by atoms with Crippen LogP contribution in [0.3, 0.4) is 0 Å². The number of amides is 1. The normalized spacial score (nSPS) is 21.8. The van der Waals surface area contributed by atoms with Crippen molar-refractivity contribution in [2.24, 2.45) is 0 Å². The summed E-state index contributed by atoms with van der Waals surface area (Å²) >= 11 is 8.81. The summed E-state index contributed by atoms with van der Waals surface area (Å²) in [4.78, 5) is 13.6. The van der Waals surface area contributed by atoms with Crippen LogP contribution in [-0.2, 0) is 9.84 Å². The van der Waals surface area contributed by atoms with Crippen molar-refractivity contribution >= 4 is 43.3 Å². The van der Waals surface area contributed by atoms with E-state index < -0.39 is 26.8 Å². The Hall–Kier alpha value is -0.660. The number of halogens is 3. The van der Waals surface area contributed by atoms with Gasteiger partial charge < -0.3 is 4.90 Å². The smallest absolute Gasteiger partial charge is 0.256 e. The average Bonchev–Trinajstić information content (AvgIpc) is 2.36. The fourth-order valence-electron chi connectivity index (χ4n) is 2.02. The van der Waals surface area contributed by atoms with Gasteiger partial charge in [0.05, 0.1) is 21.0 Å². The Labute approximate surface area is 129 Å². The minimum absolute atomic E-state index is 0.0603. The summed E-state index contributed by atoms with van der Waals surface area (Å²) in [6.07, 6.45) is 0. The Kier molecular flexibility index (Phi) is 4.41. The van der Waals surface area contributed by atoms with Crippen LogP contribution in [-0.4, -0.2) is 43.3 Å². The van der Waals surface area contributed by atoms with Crippen molar-refractivity contribution < 1.29 is 17.6 Å². The first kappa shape index (κ1) is 15.7. The molecule has 4 nitrogen and oxygen atoms in total. The summed E-state index contributed by atoms with van der Waals surface area (Å²) < 4.78 is 37.3. The van der Waals surface area contributed by atoms with Gasteiger partial charge in [-0.15, -0.1) is 0 Å². The van der Waals surface area contributed by atoms with E-state index in [1.807, 2.05) is 0 Å². The molecule has 110 valence electrons. The van der Waals surface area contributed by atoms with Gasteiger partial charge in [-0.2, -0.15) is 0 Å². The molecule has 1 heterocycles. The number of rotatable bonds is 1. The lowest BCUT2D eigenvalue weighted by molar-refractivity contribution is 0.0755. The molecular weight excluding hydrogens is 373 g/mol. The number of benzene rings is 1. The van der Waals surface area contributed by atoms with E-state index in [2.05, 4.69) is 15.9 Å². The number of nitrogens with zero attached hydrogens (tertiary/aromatic N) is 1. The minimum atomic E-state index is -3.16. The summed E-state index contributed by atoms with van der Waals surface area (Å²) in [7, 11) is -3.16. The van der Waals surface area contributed by atoms with Crippen LogP contribution in [0.5, 0.6) is 0 Å². The van der Waals surface area contributed by atoms with Gasteiger partial charge >= 0.3 is 0 Å². The van der Waals surface area contributed by atoms with Gasteiger partial charge in [-0.3, -0.25) is 4.79 Å². The molecule has 1 aliphatic rings. The van der Waals surface area contributed by atoms with Crippen molar-refractivity contribution in [1.82, 2.24) is 4.90 Å². The zero-order valence-electron chi connectivity index (χ0n) is 10.6. The molecular formula is C12H12BrClFNO3S. The van der Waals surface area contributed by atoms with Crippen LogP contribution in [0.4, 0.5) is 4.39 Å². The van der Waals surface area contributed by atoms with Gasteiger partial charge in [-0.05, 0) is 35.0 Å². The molecule has 0 aromatic heterocycles. The van der Waals surface area contributed by atoms with Crippen molar-refractivity contribution in [2.75, 3.05) is 18.8 Å². The second kappa shape index (κ2) is 5.61. The van der Waals surface area contributed by atoms with E-state index in [0.29, 0.717) is 0 Å². The van der Waals surface area contributed by atoms with Gasteiger partial charge in [0.15, 0.2) is 9.84 Å². The molecule has 1 aliphatic heterocycles. The molecule has 0 radical (unpaired) electrons. The second-order valence-electron chi connectivity index (χ2n) is 4.68. The molecule has 1 amide bonds. The molecule has 1 saturated heterocycles. The van der Waals surface area contributed by atoms with Gasteiger partial charge in [-0.1, -0.05) is 11.6 Å². The number of carbonyl (C=O) groups is 1. The summed E-state index contributed by atoms with van der Waals surface area (Å²) in [5, 5.41) is -0.412. The Morgan fingerprint density at radius 2 is 2.15 bits per heavy atom. The summed E-state index contributed by atoms with van der Waals surface area (Å²) in [6.45, 7) is 1.67. The Morgan fingerprint density at radius 3 is 2.75 bits per heavy atom. The third-order valence-electron chi connectivity index (χ3n) is 3.25. The maximum absolute atomic E-state index is 14.0. The number of hydrogen-bond acceptors (Lipinski definition) is 3. The third-order valence-corrected chi connectivity index (χ3v) is 6.17. The van der Waals surface area contributed by atoms with Crippen LogP contribution >= 0.6 is 27.5 Å². The average molecular weight is 385 g/mol. The predicted octanol–water partition coefficient (Wildman–Crippen LogP) is 2.50. The highest BCUT2D eigenvalue weighted by Gasteiger charge is 2.33. The molecule has 1 aromatic carbocycles. The van der Waals surface area contributed by atoms with Gasteiger partial charge in [0, 0.05) is 18.1 Å². The lowest BCUT2D eigenvalue weighted by Gasteiger charge is -2.31. The third kappa shape index (κ3) is 2.99. The number of carbonyl (C=O) groups excluding carboxylic acids is 1. The lowest BCUT2D eigenvalue weighted by Crippen LogP contribution is -2.48. The van der Waals surface area contributed by atoms with Crippen molar-refractivity contribution in [3.05, 3.63) is 33.0 Å². The molecule has 1 atom stereocenters. The number of sulfone groups is 1. The van der Waals surface area contributed by atoms with Crippen LogP contribution in [0.15, 0.2) is 16.6 Å². The molecule has 1 aromatic rings. The van der Waals surface area contributed by atoms with Gasteiger partial charge in [0.1, 0.15) is 5.82 Å². The summed E-state index contributed by atoms with van der Waals surface area (Å²) in [6, 6.07) is 2.61. The lowest BCUT2D eigenvalue weighted by atomic mass is 10.1. The SMILES string of the molecule is C[C@H]1CN(C(=O)c2cc(Cl)cc(Br)c2F)CCS1(=O)=O. The molecule has 0 saturated carbocycles. The highest BCUT2D eigenvalue weighted by atomic mass is 79.9. The van der Waals surface area contributed by atoms with E-state index >= 15 is 0 Å². The largest absolute Gasteiger partial charge is 0.336 e. The number of hydrogen-bond donors (Lipinski definition) is 0. The molecule has 1 fully saturated rings. The summed E-state index contributed by atoms with van der Waals surface area (Å²) in [5.74, 6) is -1.35. The van der Waals surface area contributed by atoms with E-state index in [9.17, 15) is 17.6 Å². The maximum atomic E-state index is 14.0. The van der Waals surface area contributed by atoms with E-state index in [1.54, 1.807) is 6.92 Å². The molecule has 2 rings (SSSR count). The Bertz CT molecular complexity index is 665. The molecule has 0 bridgehead atoms. The zero-order valence-corrected chi connectivity index (χ0v) is 13.7. The van der Waals surface area contributed by atoms with Crippen LogP contribution in [0.2, 0.25) is 5.02 Å².